The molecule has 4 heteroatoms. The molecule has 3 heterocycles. The van der Waals surface area contributed by atoms with E-state index in [1.54, 1.807) is 12.2 Å². The molecule has 0 saturated heterocycles. The van der Waals surface area contributed by atoms with Crippen molar-refractivity contribution in [3.63, 3.8) is 0 Å². The Hall–Kier alpha value is -7.92. The van der Waals surface area contributed by atoms with Crippen LogP contribution < -0.4 is 0 Å². The van der Waals surface area contributed by atoms with Gasteiger partial charge in [0.05, 0.1) is 16.7 Å². The van der Waals surface area contributed by atoms with Crippen LogP contribution >= 0.6 is 13.5 Å². The largest absolute Gasteiger partial charge is 0.455 e. The molecular formula is C59H44N2OS. The van der Waals surface area contributed by atoms with Gasteiger partial charge in [0.1, 0.15) is 11.2 Å². The Morgan fingerprint density at radius 2 is 0.937 bits per heavy atom. The fraction of sp³-hybridized carbons (Fsp3) is 0. The molecule has 0 aliphatic rings. The van der Waals surface area contributed by atoms with E-state index >= 15 is 0 Å². The lowest BCUT2D eigenvalue weighted by Gasteiger charge is -2.09. The summed E-state index contributed by atoms with van der Waals surface area (Å²) in [5.41, 5.74) is 16.6. The molecule has 0 radical (unpaired) electrons. The average Bonchev–Trinajstić information content (AvgIpc) is 3.89. The van der Waals surface area contributed by atoms with Gasteiger partial charge >= 0.3 is 0 Å². The molecule has 0 saturated carbocycles. The summed E-state index contributed by atoms with van der Waals surface area (Å²) < 4.78 is 9.07. The Kier molecular flexibility index (Phi) is 11.5. The van der Waals surface area contributed by atoms with E-state index in [1.807, 2.05) is 30.5 Å². The number of benzene rings is 8. The highest BCUT2D eigenvalue weighted by Crippen LogP contribution is 2.41. The lowest BCUT2D eigenvalue weighted by molar-refractivity contribution is 0.670. The number of hydrogen-bond donors (Lipinski definition) is 0. The van der Waals surface area contributed by atoms with Crippen LogP contribution in [-0.4, -0.2) is 9.55 Å². The smallest absolute Gasteiger partial charge is 0.143 e. The third kappa shape index (κ3) is 7.92. The first-order valence-corrected chi connectivity index (χ1v) is 20.8. The Bertz CT molecular complexity index is 3420. The quantitative estimate of drug-likeness (QED) is 0.143. The van der Waals surface area contributed by atoms with Gasteiger partial charge in [-0.25, -0.2) is 0 Å². The molecule has 11 aromatic rings. The number of fused-ring (bicyclic) bond motifs is 6. The molecule has 0 atom stereocenters. The van der Waals surface area contributed by atoms with Gasteiger partial charge < -0.3 is 8.98 Å². The Morgan fingerprint density at radius 3 is 1.57 bits per heavy atom. The van der Waals surface area contributed by atoms with Gasteiger partial charge in [-0.2, -0.15) is 13.5 Å². The summed E-state index contributed by atoms with van der Waals surface area (Å²) >= 11 is 0. The lowest BCUT2D eigenvalue weighted by atomic mass is 9.95. The normalized spacial score (nSPS) is 11.1. The number of pyridine rings is 1. The van der Waals surface area contributed by atoms with E-state index in [9.17, 15) is 0 Å². The number of nitrogens with zero attached hydrogens (tertiary/aromatic N) is 2. The van der Waals surface area contributed by atoms with Crippen LogP contribution in [0.15, 0.2) is 248 Å². The summed E-state index contributed by atoms with van der Waals surface area (Å²) in [6.07, 6.45) is 8.93. The summed E-state index contributed by atoms with van der Waals surface area (Å²) in [6.45, 7) is 6.93. The summed E-state index contributed by atoms with van der Waals surface area (Å²) in [4.78, 5) is 4.66. The number of aromatic nitrogens is 2. The van der Waals surface area contributed by atoms with Crippen LogP contribution in [0.3, 0.4) is 0 Å². The van der Waals surface area contributed by atoms with Crippen LogP contribution in [0, 0.1) is 0 Å². The predicted octanol–water partition coefficient (Wildman–Crippen LogP) is 16.4. The van der Waals surface area contributed by atoms with Crippen molar-refractivity contribution >= 4 is 57.2 Å². The second-order valence-electron chi connectivity index (χ2n) is 15.2. The fourth-order valence-electron chi connectivity index (χ4n) is 8.49. The van der Waals surface area contributed by atoms with E-state index in [4.69, 9.17) is 4.42 Å². The molecule has 0 spiro atoms. The third-order valence-corrected chi connectivity index (χ3v) is 11.4. The molecule has 3 nitrogen and oxygen atoms in total. The first-order chi connectivity index (χ1) is 30.7. The van der Waals surface area contributed by atoms with Crippen LogP contribution in [0.2, 0.25) is 0 Å². The van der Waals surface area contributed by atoms with Gasteiger partial charge in [0, 0.05) is 44.6 Å². The van der Waals surface area contributed by atoms with Gasteiger partial charge in [-0.1, -0.05) is 165 Å². The molecule has 0 fully saturated rings. The highest BCUT2D eigenvalue weighted by atomic mass is 32.1. The molecule has 0 aliphatic carbocycles. The maximum Gasteiger partial charge on any atom is 0.143 e. The molecule has 11 rings (SSSR count). The highest BCUT2D eigenvalue weighted by Gasteiger charge is 2.18. The average molecular weight is 829 g/mol. The molecule has 0 aliphatic heterocycles. The minimum atomic E-state index is 0. The maximum absolute atomic E-state index is 6.71. The van der Waals surface area contributed by atoms with E-state index < -0.39 is 0 Å². The minimum Gasteiger partial charge on any atom is -0.455 e. The molecule has 0 amide bonds. The monoisotopic (exact) mass is 828 g/mol. The number of allylic oxidation sites excluding steroid dienone is 4. The van der Waals surface area contributed by atoms with Crippen LogP contribution in [0.5, 0.6) is 0 Å². The summed E-state index contributed by atoms with van der Waals surface area (Å²) in [5.74, 6) is 0. The summed E-state index contributed by atoms with van der Waals surface area (Å²) in [7, 11) is 0. The lowest BCUT2D eigenvalue weighted by Crippen LogP contribution is -1.93. The summed E-state index contributed by atoms with van der Waals surface area (Å²) in [6, 6.07) is 71.4. The van der Waals surface area contributed by atoms with Gasteiger partial charge in [-0.3, -0.25) is 4.98 Å². The van der Waals surface area contributed by atoms with Crippen molar-refractivity contribution in [3.8, 4) is 61.5 Å². The molecule has 0 N–H and O–H groups in total. The van der Waals surface area contributed by atoms with Crippen molar-refractivity contribution in [2.75, 3.05) is 0 Å². The van der Waals surface area contributed by atoms with E-state index in [0.29, 0.717) is 0 Å². The first kappa shape index (κ1) is 40.5. The molecule has 3 aromatic heterocycles. The topological polar surface area (TPSA) is 31.0 Å². The standard InChI is InChI=1S/C53H34N2O.C6H8.H2S/c1-3-12-35(13-4-1)36-14-9-15-37(30-36)38-16-10-17-39(31-38)40-25-28-52-48(32-40)45-21-11-20-44(53(45)56-52)41-23-26-50-46(33-41)47-34-42(49-22-7-8-29-54-49)24-27-51(47)55(50)43-18-5-2-6-19-43;1-3-5-6-4-2;/h1-34H;3-6H,1-2H2;1H2/b;6-5-;. The zero-order valence-electron chi connectivity index (χ0n) is 34.7. The zero-order chi connectivity index (χ0) is 41.8. The van der Waals surface area contributed by atoms with Crippen molar-refractivity contribution in [1.29, 1.82) is 0 Å². The molecular weight excluding hydrogens is 785 g/mol. The van der Waals surface area contributed by atoms with Crippen molar-refractivity contribution in [3.05, 3.63) is 244 Å². The number of para-hydroxylation sites is 2. The van der Waals surface area contributed by atoms with E-state index in [0.717, 1.165) is 66.6 Å². The molecule has 0 bridgehead atoms. The second-order valence-corrected chi connectivity index (χ2v) is 15.2. The molecule has 0 unspecified atom stereocenters. The van der Waals surface area contributed by atoms with Crippen molar-refractivity contribution in [2.24, 2.45) is 0 Å². The predicted molar refractivity (Wildman–Crippen MR) is 273 cm³/mol. The fourth-order valence-corrected chi connectivity index (χ4v) is 8.49. The zero-order valence-corrected chi connectivity index (χ0v) is 35.7. The minimum absolute atomic E-state index is 0. The van der Waals surface area contributed by atoms with Gasteiger partial charge in [0.2, 0.25) is 0 Å². The van der Waals surface area contributed by atoms with Crippen LogP contribution in [-0.2, 0) is 0 Å². The Labute approximate surface area is 374 Å². The van der Waals surface area contributed by atoms with Gasteiger partial charge in [-0.15, -0.1) is 0 Å². The third-order valence-electron chi connectivity index (χ3n) is 11.4. The molecule has 8 aromatic carbocycles. The number of furan rings is 1. The molecule has 63 heavy (non-hydrogen) atoms. The van der Waals surface area contributed by atoms with Crippen molar-refractivity contribution in [1.82, 2.24) is 9.55 Å². The summed E-state index contributed by atoms with van der Waals surface area (Å²) in [5, 5.41) is 4.58. The van der Waals surface area contributed by atoms with E-state index in [-0.39, 0.29) is 13.5 Å². The SMILES string of the molecule is C=C/C=C\C=C.S.c1ccc(-c2cccc(-c3cccc(-c4ccc5oc6c(-c7ccc8c(c7)c7cc(-c9ccccn9)ccc7n8-c7ccccc7)cccc6c5c4)c3)c2)cc1. The Morgan fingerprint density at radius 1 is 0.413 bits per heavy atom. The van der Waals surface area contributed by atoms with E-state index in [1.165, 1.54) is 38.6 Å². The Balaban J connectivity index is 0.000000676. The second kappa shape index (κ2) is 18.0. The molecule has 302 valence electrons. The number of hydrogen-bond acceptors (Lipinski definition) is 2. The first-order valence-electron chi connectivity index (χ1n) is 20.8. The van der Waals surface area contributed by atoms with Gasteiger partial charge in [0.25, 0.3) is 0 Å². The maximum atomic E-state index is 6.71. The van der Waals surface area contributed by atoms with Gasteiger partial charge in [0.15, 0.2) is 0 Å². The van der Waals surface area contributed by atoms with Crippen molar-refractivity contribution in [2.45, 2.75) is 0 Å². The number of rotatable bonds is 8. The van der Waals surface area contributed by atoms with Crippen LogP contribution in [0.1, 0.15) is 0 Å². The van der Waals surface area contributed by atoms with Crippen molar-refractivity contribution < 1.29 is 4.42 Å². The highest BCUT2D eigenvalue weighted by molar-refractivity contribution is 7.59. The van der Waals surface area contributed by atoms with E-state index in [2.05, 4.69) is 211 Å². The van der Waals surface area contributed by atoms with Crippen LogP contribution in [0.4, 0.5) is 0 Å². The van der Waals surface area contributed by atoms with Crippen LogP contribution in [0.25, 0.3) is 105 Å². The van der Waals surface area contributed by atoms with Gasteiger partial charge in [-0.05, 0) is 112 Å².